The molecule has 0 saturated heterocycles. The zero-order valence-corrected chi connectivity index (χ0v) is 11.4. The fraction of sp³-hybridized carbons (Fsp3) is 0.286. The summed E-state index contributed by atoms with van der Waals surface area (Å²) < 4.78 is 1.75. The van der Waals surface area contributed by atoms with E-state index >= 15 is 0 Å². The standard InChI is InChI=1S/C14H16N2OS/c1-4-9-18-14-15-12-8-6-5-7-11(12)13(17)16(14)10(2)3/h4-8,10H,1,9H2,2-3H3. The molecule has 18 heavy (non-hydrogen) atoms. The highest BCUT2D eigenvalue weighted by atomic mass is 32.2. The Morgan fingerprint density at radius 2 is 2.17 bits per heavy atom. The van der Waals surface area contributed by atoms with Crippen LogP contribution in [0.5, 0.6) is 0 Å². The van der Waals surface area contributed by atoms with Gasteiger partial charge in [0.1, 0.15) is 0 Å². The number of aromatic nitrogens is 2. The Bertz CT molecular complexity index is 631. The van der Waals surface area contributed by atoms with Gasteiger partial charge >= 0.3 is 0 Å². The van der Waals surface area contributed by atoms with Crippen molar-refractivity contribution in [2.75, 3.05) is 5.75 Å². The van der Waals surface area contributed by atoms with Crippen LogP contribution in [0.4, 0.5) is 0 Å². The molecule has 0 aliphatic rings. The maximum atomic E-state index is 12.4. The van der Waals surface area contributed by atoms with E-state index < -0.39 is 0 Å². The van der Waals surface area contributed by atoms with Crippen LogP contribution >= 0.6 is 11.8 Å². The van der Waals surface area contributed by atoms with Crippen LogP contribution < -0.4 is 5.56 Å². The van der Waals surface area contributed by atoms with Gasteiger partial charge in [0.2, 0.25) is 0 Å². The molecule has 0 aliphatic carbocycles. The molecule has 0 bridgehead atoms. The molecule has 0 fully saturated rings. The zero-order chi connectivity index (χ0) is 13.1. The summed E-state index contributed by atoms with van der Waals surface area (Å²) in [6.45, 7) is 7.69. The predicted molar refractivity (Wildman–Crippen MR) is 77.3 cm³/mol. The molecule has 2 aromatic rings. The van der Waals surface area contributed by atoms with Crippen molar-refractivity contribution in [2.45, 2.75) is 25.0 Å². The van der Waals surface area contributed by atoms with E-state index in [1.807, 2.05) is 44.2 Å². The third-order valence-corrected chi connectivity index (χ3v) is 3.57. The molecule has 0 atom stereocenters. The summed E-state index contributed by atoms with van der Waals surface area (Å²) in [6, 6.07) is 7.57. The fourth-order valence-corrected chi connectivity index (χ4v) is 2.68. The van der Waals surface area contributed by atoms with Crippen molar-refractivity contribution in [3.05, 3.63) is 47.3 Å². The van der Waals surface area contributed by atoms with E-state index in [0.29, 0.717) is 5.39 Å². The lowest BCUT2D eigenvalue weighted by Crippen LogP contribution is -2.25. The minimum absolute atomic E-state index is 0.0298. The summed E-state index contributed by atoms with van der Waals surface area (Å²) >= 11 is 1.54. The Hall–Kier alpha value is -1.55. The van der Waals surface area contributed by atoms with Crippen LogP contribution in [0.1, 0.15) is 19.9 Å². The predicted octanol–water partition coefficient (Wildman–Crippen LogP) is 3.26. The number of benzene rings is 1. The highest BCUT2D eigenvalue weighted by molar-refractivity contribution is 7.99. The number of nitrogens with zero attached hydrogens (tertiary/aromatic N) is 2. The van der Waals surface area contributed by atoms with Crippen LogP contribution in [-0.4, -0.2) is 15.3 Å². The van der Waals surface area contributed by atoms with Crippen molar-refractivity contribution in [1.82, 2.24) is 9.55 Å². The topological polar surface area (TPSA) is 34.9 Å². The molecule has 94 valence electrons. The van der Waals surface area contributed by atoms with E-state index in [4.69, 9.17) is 0 Å². The SMILES string of the molecule is C=CCSc1nc2ccccc2c(=O)n1C(C)C. The fourth-order valence-electron chi connectivity index (χ4n) is 1.82. The summed E-state index contributed by atoms with van der Waals surface area (Å²) in [5, 5.41) is 1.43. The van der Waals surface area contributed by atoms with Gasteiger partial charge in [-0.05, 0) is 26.0 Å². The molecular formula is C14H16N2OS. The van der Waals surface area contributed by atoms with E-state index in [1.165, 1.54) is 11.8 Å². The van der Waals surface area contributed by atoms with Crippen LogP contribution in [0, 0.1) is 0 Å². The van der Waals surface area contributed by atoms with Crippen LogP contribution in [0.2, 0.25) is 0 Å². The Balaban J connectivity index is 2.70. The number of rotatable bonds is 4. The molecule has 0 aliphatic heterocycles. The second-order valence-corrected chi connectivity index (χ2v) is 5.27. The second-order valence-electron chi connectivity index (χ2n) is 4.28. The highest BCUT2D eigenvalue weighted by Crippen LogP contribution is 2.20. The van der Waals surface area contributed by atoms with Gasteiger partial charge in [-0.15, -0.1) is 6.58 Å². The Morgan fingerprint density at radius 1 is 1.44 bits per heavy atom. The van der Waals surface area contributed by atoms with Gasteiger partial charge in [0, 0.05) is 11.8 Å². The maximum Gasteiger partial charge on any atom is 0.262 e. The van der Waals surface area contributed by atoms with Crippen LogP contribution in [0.15, 0.2) is 46.9 Å². The maximum absolute atomic E-state index is 12.4. The molecule has 0 N–H and O–H groups in total. The number of fused-ring (bicyclic) bond motifs is 1. The molecule has 1 aromatic heterocycles. The van der Waals surface area contributed by atoms with Crippen LogP contribution in [0.25, 0.3) is 10.9 Å². The largest absolute Gasteiger partial charge is 0.285 e. The van der Waals surface area contributed by atoms with Crippen molar-refractivity contribution < 1.29 is 0 Å². The van der Waals surface area contributed by atoms with Gasteiger partial charge in [0.25, 0.3) is 5.56 Å². The Labute approximate surface area is 111 Å². The van der Waals surface area contributed by atoms with E-state index in [-0.39, 0.29) is 11.6 Å². The summed E-state index contributed by atoms with van der Waals surface area (Å²) in [4.78, 5) is 17.0. The lowest BCUT2D eigenvalue weighted by atomic mass is 10.2. The average Bonchev–Trinajstić information content (AvgIpc) is 2.36. The first-order valence-electron chi connectivity index (χ1n) is 5.90. The number of thioether (sulfide) groups is 1. The lowest BCUT2D eigenvalue weighted by molar-refractivity contribution is 0.519. The molecule has 3 nitrogen and oxygen atoms in total. The Morgan fingerprint density at radius 3 is 2.83 bits per heavy atom. The molecule has 0 amide bonds. The first kappa shape index (κ1) is 12.9. The van der Waals surface area contributed by atoms with Crippen LogP contribution in [-0.2, 0) is 0 Å². The molecule has 0 saturated carbocycles. The lowest BCUT2D eigenvalue weighted by Gasteiger charge is -2.15. The van der Waals surface area contributed by atoms with Gasteiger partial charge in [-0.25, -0.2) is 4.98 Å². The molecule has 0 spiro atoms. The van der Waals surface area contributed by atoms with Crippen molar-refractivity contribution in [2.24, 2.45) is 0 Å². The first-order chi connectivity index (χ1) is 8.65. The number of hydrogen-bond acceptors (Lipinski definition) is 3. The molecule has 1 heterocycles. The zero-order valence-electron chi connectivity index (χ0n) is 10.6. The summed E-state index contributed by atoms with van der Waals surface area (Å²) in [5.74, 6) is 0.748. The van der Waals surface area contributed by atoms with Gasteiger partial charge in [-0.1, -0.05) is 30.0 Å². The van der Waals surface area contributed by atoms with Crippen molar-refractivity contribution in [3.8, 4) is 0 Å². The van der Waals surface area contributed by atoms with Gasteiger partial charge in [-0.3, -0.25) is 9.36 Å². The summed E-state index contributed by atoms with van der Waals surface area (Å²) in [5.41, 5.74) is 0.785. The van der Waals surface area contributed by atoms with E-state index in [9.17, 15) is 4.79 Å². The van der Waals surface area contributed by atoms with Crippen molar-refractivity contribution in [3.63, 3.8) is 0 Å². The average molecular weight is 260 g/mol. The summed E-state index contributed by atoms with van der Waals surface area (Å²) in [7, 11) is 0. The normalized spacial score (nSPS) is 11.1. The van der Waals surface area contributed by atoms with Crippen molar-refractivity contribution in [1.29, 1.82) is 0 Å². The van der Waals surface area contributed by atoms with Crippen molar-refractivity contribution >= 4 is 22.7 Å². The second kappa shape index (κ2) is 5.40. The third kappa shape index (κ3) is 2.34. The molecule has 2 rings (SSSR count). The third-order valence-electron chi connectivity index (χ3n) is 2.62. The van der Waals surface area contributed by atoms with Gasteiger partial charge in [-0.2, -0.15) is 0 Å². The monoisotopic (exact) mass is 260 g/mol. The molecule has 0 radical (unpaired) electrons. The highest BCUT2D eigenvalue weighted by Gasteiger charge is 2.12. The first-order valence-corrected chi connectivity index (χ1v) is 6.88. The quantitative estimate of drug-likeness (QED) is 0.481. The molecule has 0 unspecified atom stereocenters. The van der Waals surface area contributed by atoms with E-state index in [1.54, 1.807) is 4.57 Å². The van der Waals surface area contributed by atoms with Gasteiger partial charge in [0.15, 0.2) is 5.16 Å². The minimum Gasteiger partial charge on any atom is -0.285 e. The Kier molecular flexibility index (Phi) is 3.87. The van der Waals surface area contributed by atoms with Crippen LogP contribution in [0.3, 0.4) is 0 Å². The number of para-hydroxylation sites is 1. The molecule has 4 heteroatoms. The number of hydrogen-bond donors (Lipinski definition) is 0. The van der Waals surface area contributed by atoms with Gasteiger partial charge in [0.05, 0.1) is 10.9 Å². The van der Waals surface area contributed by atoms with E-state index in [2.05, 4.69) is 11.6 Å². The molecular weight excluding hydrogens is 244 g/mol. The smallest absolute Gasteiger partial charge is 0.262 e. The minimum atomic E-state index is 0.0298. The molecule has 1 aromatic carbocycles. The summed E-state index contributed by atoms with van der Waals surface area (Å²) in [6.07, 6.45) is 1.82. The van der Waals surface area contributed by atoms with E-state index in [0.717, 1.165) is 16.4 Å². The van der Waals surface area contributed by atoms with Gasteiger partial charge < -0.3 is 0 Å².